The molecule has 3 rings (SSSR count). The number of aromatic nitrogens is 3. The Kier molecular flexibility index (Phi) is 3.82. The van der Waals surface area contributed by atoms with Crippen LogP contribution in [0.15, 0.2) is 42.6 Å². The van der Waals surface area contributed by atoms with Crippen molar-refractivity contribution in [2.75, 3.05) is 6.54 Å². The minimum absolute atomic E-state index is 0.258. The van der Waals surface area contributed by atoms with Gasteiger partial charge in [-0.25, -0.2) is 13.9 Å². The third kappa shape index (κ3) is 2.81. The number of rotatable bonds is 4. The van der Waals surface area contributed by atoms with Gasteiger partial charge in [0.1, 0.15) is 11.5 Å². The predicted molar refractivity (Wildman–Crippen MR) is 80.2 cm³/mol. The van der Waals surface area contributed by atoms with Crippen LogP contribution in [-0.2, 0) is 6.42 Å². The maximum atomic E-state index is 13.5. The molecule has 0 aliphatic rings. The Bertz CT molecular complexity index is 828. The molecular formula is C16H15FN4O. The molecule has 5 nitrogen and oxygen atoms in total. The lowest BCUT2D eigenvalue weighted by Gasteiger charge is -2.07. The number of nitrogens with zero attached hydrogens (tertiary/aromatic N) is 3. The molecule has 0 aliphatic heterocycles. The van der Waals surface area contributed by atoms with Crippen molar-refractivity contribution in [3.63, 3.8) is 0 Å². The van der Waals surface area contributed by atoms with E-state index < -0.39 is 0 Å². The molecule has 0 spiro atoms. The second-order valence-corrected chi connectivity index (χ2v) is 4.98. The molecule has 6 heteroatoms. The van der Waals surface area contributed by atoms with Gasteiger partial charge in [0.25, 0.3) is 5.91 Å². The number of benzene rings is 1. The van der Waals surface area contributed by atoms with Gasteiger partial charge in [-0.3, -0.25) is 4.79 Å². The Hall–Kier alpha value is -2.76. The van der Waals surface area contributed by atoms with Crippen molar-refractivity contribution in [2.24, 2.45) is 0 Å². The summed E-state index contributed by atoms with van der Waals surface area (Å²) in [7, 11) is 0. The number of aryl methyl sites for hydroxylation is 1. The average molecular weight is 298 g/mol. The highest BCUT2D eigenvalue weighted by atomic mass is 19.1. The summed E-state index contributed by atoms with van der Waals surface area (Å²) in [5.74, 6) is -0.533. The fourth-order valence-electron chi connectivity index (χ4n) is 2.29. The molecule has 0 saturated carbocycles. The average Bonchev–Trinajstić information content (AvgIpc) is 2.98. The van der Waals surface area contributed by atoms with Crippen LogP contribution in [0.25, 0.3) is 5.65 Å². The van der Waals surface area contributed by atoms with Crippen molar-refractivity contribution in [1.82, 2.24) is 19.9 Å². The van der Waals surface area contributed by atoms with E-state index in [1.807, 2.05) is 6.92 Å². The molecule has 0 radical (unpaired) electrons. The third-order valence-corrected chi connectivity index (χ3v) is 3.41. The largest absolute Gasteiger partial charge is 0.350 e. The first-order valence-corrected chi connectivity index (χ1v) is 6.98. The highest BCUT2D eigenvalue weighted by molar-refractivity contribution is 5.92. The molecule has 3 aromatic rings. The van der Waals surface area contributed by atoms with Gasteiger partial charge in [-0.05, 0) is 31.0 Å². The summed E-state index contributed by atoms with van der Waals surface area (Å²) in [6, 6.07) is 9.96. The van der Waals surface area contributed by atoms with Crippen molar-refractivity contribution < 1.29 is 9.18 Å². The van der Waals surface area contributed by atoms with Gasteiger partial charge in [0.2, 0.25) is 0 Å². The zero-order valence-corrected chi connectivity index (χ0v) is 12.1. The summed E-state index contributed by atoms with van der Waals surface area (Å²) in [4.78, 5) is 16.4. The number of amides is 1. The van der Waals surface area contributed by atoms with Crippen LogP contribution in [0, 0.1) is 12.7 Å². The molecule has 0 saturated heterocycles. The van der Waals surface area contributed by atoms with Crippen LogP contribution in [0.3, 0.4) is 0 Å². The quantitative estimate of drug-likeness (QED) is 0.803. The zero-order valence-electron chi connectivity index (χ0n) is 12.1. The molecule has 1 N–H and O–H groups in total. The molecule has 0 atom stereocenters. The number of nitrogens with one attached hydrogen (secondary N) is 1. The number of hydrogen-bond donors (Lipinski definition) is 1. The lowest BCUT2D eigenvalue weighted by Crippen LogP contribution is -2.27. The predicted octanol–water partition coefficient (Wildman–Crippen LogP) is 2.15. The molecule has 0 aliphatic carbocycles. The van der Waals surface area contributed by atoms with E-state index in [1.54, 1.807) is 41.0 Å². The second-order valence-electron chi connectivity index (χ2n) is 4.98. The number of halogens is 1. The molecule has 22 heavy (non-hydrogen) atoms. The van der Waals surface area contributed by atoms with Crippen LogP contribution in [0.2, 0.25) is 0 Å². The molecule has 0 bridgehead atoms. The van der Waals surface area contributed by atoms with E-state index in [9.17, 15) is 9.18 Å². The van der Waals surface area contributed by atoms with Crippen LogP contribution < -0.4 is 5.32 Å². The SMILES string of the molecule is Cc1cc(C(=O)NCCc2ccccc2F)nc2ccnn12. The van der Waals surface area contributed by atoms with Crippen LogP contribution in [0.5, 0.6) is 0 Å². The Labute approximate surface area is 126 Å². The van der Waals surface area contributed by atoms with Crippen LogP contribution >= 0.6 is 0 Å². The van der Waals surface area contributed by atoms with E-state index in [-0.39, 0.29) is 11.7 Å². The van der Waals surface area contributed by atoms with Crippen molar-refractivity contribution in [3.05, 3.63) is 65.4 Å². The maximum Gasteiger partial charge on any atom is 0.270 e. The minimum atomic E-state index is -0.275. The van der Waals surface area contributed by atoms with E-state index in [1.165, 1.54) is 6.07 Å². The number of fused-ring (bicyclic) bond motifs is 1. The van der Waals surface area contributed by atoms with Crippen LogP contribution in [-0.4, -0.2) is 27.0 Å². The number of carbonyl (C=O) groups excluding carboxylic acids is 1. The standard InChI is InChI=1S/C16H15FN4O/c1-11-10-14(20-15-7-9-19-21(11)15)16(22)18-8-6-12-4-2-3-5-13(12)17/h2-5,7,9-10H,6,8H2,1H3,(H,18,22). The fourth-order valence-corrected chi connectivity index (χ4v) is 2.29. The molecule has 1 amide bonds. The molecule has 0 fully saturated rings. The number of hydrogen-bond acceptors (Lipinski definition) is 3. The molecule has 112 valence electrons. The van der Waals surface area contributed by atoms with E-state index in [2.05, 4.69) is 15.4 Å². The van der Waals surface area contributed by atoms with Crippen molar-refractivity contribution in [2.45, 2.75) is 13.3 Å². The first kappa shape index (κ1) is 14.2. The highest BCUT2D eigenvalue weighted by Gasteiger charge is 2.10. The molecule has 2 aromatic heterocycles. The smallest absolute Gasteiger partial charge is 0.270 e. The van der Waals surface area contributed by atoms with Gasteiger partial charge < -0.3 is 5.32 Å². The molecule has 0 unspecified atom stereocenters. The first-order valence-electron chi connectivity index (χ1n) is 6.98. The lowest BCUT2D eigenvalue weighted by atomic mass is 10.1. The summed E-state index contributed by atoms with van der Waals surface area (Å²) in [5, 5.41) is 6.87. The number of carbonyl (C=O) groups is 1. The summed E-state index contributed by atoms with van der Waals surface area (Å²) in [5.41, 5.74) is 2.37. The summed E-state index contributed by atoms with van der Waals surface area (Å²) in [6.07, 6.45) is 2.07. The van der Waals surface area contributed by atoms with Crippen molar-refractivity contribution in [1.29, 1.82) is 0 Å². The Morgan fingerprint density at radius 2 is 2.14 bits per heavy atom. The van der Waals surface area contributed by atoms with E-state index in [0.29, 0.717) is 29.9 Å². The topological polar surface area (TPSA) is 59.3 Å². The van der Waals surface area contributed by atoms with Gasteiger partial charge in [-0.15, -0.1) is 0 Å². The zero-order chi connectivity index (χ0) is 15.5. The highest BCUT2D eigenvalue weighted by Crippen LogP contribution is 2.08. The van der Waals surface area contributed by atoms with E-state index >= 15 is 0 Å². The maximum absolute atomic E-state index is 13.5. The summed E-state index contributed by atoms with van der Waals surface area (Å²) >= 11 is 0. The fraction of sp³-hybridized carbons (Fsp3) is 0.188. The molecule has 1 aromatic carbocycles. The third-order valence-electron chi connectivity index (χ3n) is 3.41. The summed E-state index contributed by atoms with van der Waals surface area (Å²) < 4.78 is 15.2. The first-order chi connectivity index (χ1) is 10.6. The Morgan fingerprint density at radius 3 is 2.95 bits per heavy atom. The van der Waals surface area contributed by atoms with E-state index in [4.69, 9.17) is 0 Å². The molecular weight excluding hydrogens is 283 g/mol. The van der Waals surface area contributed by atoms with Gasteiger partial charge in [0, 0.05) is 18.3 Å². The van der Waals surface area contributed by atoms with Crippen molar-refractivity contribution in [3.8, 4) is 0 Å². The summed E-state index contributed by atoms with van der Waals surface area (Å²) in [6.45, 7) is 2.21. The van der Waals surface area contributed by atoms with Crippen LogP contribution in [0.4, 0.5) is 4.39 Å². The van der Waals surface area contributed by atoms with Gasteiger partial charge in [0.05, 0.1) is 6.20 Å². The second kappa shape index (κ2) is 5.93. The normalized spacial score (nSPS) is 10.8. The van der Waals surface area contributed by atoms with E-state index in [0.717, 1.165) is 5.69 Å². The monoisotopic (exact) mass is 298 g/mol. The van der Waals surface area contributed by atoms with Crippen LogP contribution in [0.1, 0.15) is 21.7 Å². The lowest BCUT2D eigenvalue weighted by molar-refractivity contribution is 0.0949. The van der Waals surface area contributed by atoms with Crippen molar-refractivity contribution >= 4 is 11.6 Å². The molecule has 2 heterocycles. The Morgan fingerprint density at radius 1 is 1.32 bits per heavy atom. The Balaban J connectivity index is 1.67. The van der Waals surface area contributed by atoms with Gasteiger partial charge in [-0.1, -0.05) is 18.2 Å². The van der Waals surface area contributed by atoms with Gasteiger partial charge in [0.15, 0.2) is 5.65 Å². The minimum Gasteiger partial charge on any atom is -0.350 e. The van der Waals surface area contributed by atoms with Gasteiger partial charge >= 0.3 is 0 Å². The van der Waals surface area contributed by atoms with Gasteiger partial charge in [-0.2, -0.15) is 5.10 Å².